The number of esters is 1. The molecule has 0 amide bonds. The molecular formula is C49H36N4O4. The van der Waals surface area contributed by atoms with Crippen LogP contribution in [0.1, 0.15) is 41.2 Å². The number of nitrogens with one attached hydrogen (secondary N) is 2. The van der Waals surface area contributed by atoms with Crippen molar-refractivity contribution >= 4 is 58.3 Å². The number of hydrogen-bond acceptors (Lipinski definition) is 5. The van der Waals surface area contributed by atoms with Gasteiger partial charge in [0.15, 0.2) is 5.75 Å². The maximum Gasteiger partial charge on any atom is 0.311 e. The number of carbonyl (C=O) groups excluding carboxylic acids is 1. The molecule has 3 N–H and O–H groups in total. The molecule has 0 unspecified atom stereocenters. The van der Waals surface area contributed by atoms with Gasteiger partial charge in [0.25, 0.3) is 0 Å². The van der Waals surface area contributed by atoms with Crippen molar-refractivity contribution in [2.75, 3.05) is 0 Å². The van der Waals surface area contributed by atoms with E-state index in [-0.39, 0.29) is 12.8 Å². The summed E-state index contributed by atoms with van der Waals surface area (Å²) >= 11 is 0. The standard InChI is InChI=1S/C49H36N4O4/c1-30-47-45(33-18-10-4-11-19-33)39-26-24-37(51-39)43(31-14-6-2-7-15-31)35-22-23-36(50-35)44(32-16-8-3-9-17-32)38-25-27-40(52-38)46(34-20-12-5-13-21-34)48(53-47)49(30)57-42(56)29-28-41(54)55/h2-27,50,53H,28-29H2,1H3,(H,54,55). The highest BCUT2D eigenvalue weighted by molar-refractivity contribution is 6.03. The maximum atomic E-state index is 13.5. The van der Waals surface area contributed by atoms with Gasteiger partial charge in [-0.05, 0) is 65.6 Å². The smallest absolute Gasteiger partial charge is 0.311 e. The fourth-order valence-corrected chi connectivity index (χ4v) is 7.61. The molecule has 3 aromatic heterocycles. The first-order valence-electron chi connectivity index (χ1n) is 18.8. The Morgan fingerprint density at radius 1 is 0.509 bits per heavy atom. The van der Waals surface area contributed by atoms with Crippen LogP contribution in [-0.4, -0.2) is 37.0 Å². The molecule has 8 nitrogen and oxygen atoms in total. The highest BCUT2D eigenvalue weighted by Crippen LogP contribution is 2.43. The molecule has 9 rings (SSSR count). The molecule has 5 heterocycles. The summed E-state index contributed by atoms with van der Waals surface area (Å²) in [5.74, 6) is -1.43. The minimum atomic E-state index is -1.08. The van der Waals surface area contributed by atoms with E-state index in [1.165, 1.54) is 0 Å². The molecule has 0 fully saturated rings. The lowest BCUT2D eigenvalue weighted by Gasteiger charge is -2.08. The van der Waals surface area contributed by atoms with E-state index in [0.717, 1.165) is 67.1 Å². The summed E-state index contributed by atoms with van der Waals surface area (Å²) < 4.78 is 6.20. The number of aromatic nitrogens is 4. The molecule has 2 aliphatic heterocycles. The molecule has 8 heteroatoms. The monoisotopic (exact) mass is 744 g/mol. The number of aryl methyl sites for hydroxylation is 1. The largest absolute Gasteiger partial charge is 0.481 e. The van der Waals surface area contributed by atoms with Crippen molar-refractivity contribution in [2.24, 2.45) is 0 Å². The first-order chi connectivity index (χ1) is 27.9. The molecule has 4 aromatic carbocycles. The number of H-pyrrole nitrogens is 2. The van der Waals surface area contributed by atoms with E-state index < -0.39 is 11.9 Å². The third kappa shape index (κ3) is 6.74. The molecule has 0 saturated heterocycles. The van der Waals surface area contributed by atoms with Gasteiger partial charge in [-0.3, -0.25) is 9.59 Å². The van der Waals surface area contributed by atoms with E-state index in [1.54, 1.807) is 0 Å². The van der Waals surface area contributed by atoms with Crippen molar-refractivity contribution in [3.63, 3.8) is 0 Å². The Balaban J connectivity index is 1.50. The number of aliphatic carboxylic acids is 1. The zero-order chi connectivity index (χ0) is 38.9. The zero-order valence-corrected chi connectivity index (χ0v) is 31.0. The number of rotatable bonds is 8. The Morgan fingerprint density at radius 3 is 1.32 bits per heavy atom. The highest BCUT2D eigenvalue weighted by atomic mass is 16.5. The molecule has 2 aliphatic rings. The lowest BCUT2D eigenvalue weighted by molar-refractivity contribution is -0.142. The van der Waals surface area contributed by atoms with Crippen molar-refractivity contribution in [3.05, 3.63) is 162 Å². The summed E-state index contributed by atoms with van der Waals surface area (Å²) in [4.78, 5) is 43.1. The van der Waals surface area contributed by atoms with Crippen molar-refractivity contribution in [1.29, 1.82) is 0 Å². The van der Waals surface area contributed by atoms with Gasteiger partial charge < -0.3 is 19.8 Å². The Kier molecular flexibility index (Phi) is 9.20. The van der Waals surface area contributed by atoms with Gasteiger partial charge in [0, 0.05) is 38.9 Å². The van der Waals surface area contributed by atoms with Gasteiger partial charge in [-0.15, -0.1) is 0 Å². The number of benzene rings is 4. The summed E-state index contributed by atoms with van der Waals surface area (Å²) in [6, 6.07) is 44.5. The second-order valence-electron chi connectivity index (χ2n) is 13.9. The van der Waals surface area contributed by atoms with Crippen molar-refractivity contribution in [3.8, 4) is 50.3 Å². The molecule has 0 radical (unpaired) electrons. The third-order valence-corrected chi connectivity index (χ3v) is 10.2. The Bertz CT molecular complexity index is 2910. The summed E-state index contributed by atoms with van der Waals surface area (Å²) in [5, 5.41) is 9.41. The number of carboxylic acid groups (broad SMARTS) is 1. The van der Waals surface area contributed by atoms with Gasteiger partial charge in [0.05, 0.1) is 46.7 Å². The molecule has 0 atom stereocenters. The lowest BCUT2D eigenvalue weighted by atomic mass is 10.0. The number of aromatic amines is 2. The molecule has 57 heavy (non-hydrogen) atoms. The van der Waals surface area contributed by atoms with E-state index in [9.17, 15) is 14.7 Å². The number of hydrogen-bond donors (Lipinski definition) is 3. The van der Waals surface area contributed by atoms with Crippen LogP contribution in [-0.2, 0) is 9.59 Å². The van der Waals surface area contributed by atoms with Crippen molar-refractivity contribution in [1.82, 2.24) is 19.9 Å². The van der Waals surface area contributed by atoms with E-state index in [4.69, 9.17) is 14.7 Å². The fourth-order valence-electron chi connectivity index (χ4n) is 7.61. The van der Waals surface area contributed by atoms with Gasteiger partial charge in [-0.25, -0.2) is 9.97 Å². The van der Waals surface area contributed by atoms with Crippen LogP contribution in [0.2, 0.25) is 0 Å². The van der Waals surface area contributed by atoms with Crippen LogP contribution in [0.3, 0.4) is 0 Å². The van der Waals surface area contributed by atoms with E-state index >= 15 is 0 Å². The summed E-state index contributed by atoms with van der Waals surface area (Å²) in [6.45, 7) is 1.91. The lowest BCUT2D eigenvalue weighted by Crippen LogP contribution is -2.10. The SMILES string of the molecule is Cc1c(OC(=O)CCC(=O)O)c2[nH]c1c(-c1ccccc1)c1nc(c(-c3ccccc3)c3ccc([nH]3)c(-c3ccccc3)c3nc(c2-c2ccccc2)C=C3)C=C1. The maximum absolute atomic E-state index is 13.5. The van der Waals surface area contributed by atoms with Gasteiger partial charge in [-0.2, -0.15) is 0 Å². The molecule has 0 saturated carbocycles. The van der Waals surface area contributed by atoms with E-state index in [2.05, 4.69) is 46.4 Å². The number of nitrogens with zero attached hydrogens (tertiary/aromatic N) is 2. The second kappa shape index (κ2) is 14.9. The van der Waals surface area contributed by atoms with Crippen LogP contribution in [0.25, 0.3) is 90.9 Å². The fraction of sp³-hybridized carbons (Fsp3) is 0.0612. The minimum Gasteiger partial charge on any atom is -0.481 e. The predicted octanol–water partition coefficient (Wildman–Crippen LogP) is 11.4. The van der Waals surface area contributed by atoms with E-state index in [1.807, 2.05) is 128 Å². The van der Waals surface area contributed by atoms with Crippen LogP contribution >= 0.6 is 0 Å². The number of carboxylic acids is 1. The average molecular weight is 745 g/mol. The van der Waals surface area contributed by atoms with Crippen molar-refractivity contribution < 1.29 is 19.4 Å². The molecule has 0 aliphatic carbocycles. The predicted molar refractivity (Wildman–Crippen MR) is 228 cm³/mol. The van der Waals surface area contributed by atoms with Crippen LogP contribution in [0.5, 0.6) is 5.75 Å². The number of carbonyl (C=O) groups is 2. The van der Waals surface area contributed by atoms with Crippen LogP contribution in [0.4, 0.5) is 0 Å². The normalized spacial score (nSPS) is 11.8. The molecular weight excluding hydrogens is 709 g/mol. The van der Waals surface area contributed by atoms with Crippen molar-refractivity contribution in [2.45, 2.75) is 19.8 Å². The summed E-state index contributed by atoms with van der Waals surface area (Å²) in [7, 11) is 0. The van der Waals surface area contributed by atoms with Crippen LogP contribution in [0.15, 0.2) is 133 Å². The number of ether oxygens (including phenoxy) is 1. The Morgan fingerprint density at radius 2 is 0.895 bits per heavy atom. The quantitative estimate of drug-likeness (QED) is 0.133. The average Bonchev–Trinajstić information content (AvgIpc) is 4.07. The number of fused-ring (bicyclic) bond motifs is 8. The molecule has 0 spiro atoms. The van der Waals surface area contributed by atoms with Gasteiger partial charge in [-0.1, -0.05) is 121 Å². The Hall–Kier alpha value is -7.58. The first kappa shape index (κ1) is 35.1. The highest BCUT2D eigenvalue weighted by Gasteiger charge is 2.24. The zero-order valence-electron chi connectivity index (χ0n) is 31.0. The molecule has 8 bridgehead atoms. The van der Waals surface area contributed by atoms with Gasteiger partial charge in [0.1, 0.15) is 0 Å². The van der Waals surface area contributed by atoms with Gasteiger partial charge >= 0.3 is 11.9 Å². The van der Waals surface area contributed by atoms with Crippen LogP contribution in [0, 0.1) is 6.92 Å². The molecule has 276 valence electrons. The second-order valence-corrected chi connectivity index (χ2v) is 13.9. The van der Waals surface area contributed by atoms with Gasteiger partial charge in [0.2, 0.25) is 0 Å². The third-order valence-electron chi connectivity index (χ3n) is 10.2. The summed E-state index contributed by atoms with van der Waals surface area (Å²) in [5.41, 5.74) is 13.7. The molecule has 7 aromatic rings. The minimum absolute atomic E-state index is 0.289. The van der Waals surface area contributed by atoms with E-state index in [0.29, 0.717) is 33.6 Å². The van der Waals surface area contributed by atoms with Crippen LogP contribution < -0.4 is 4.74 Å². The first-order valence-corrected chi connectivity index (χ1v) is 18.8. The topological polar surface area (TPSA) is 121 Å². The summed E-state index contributed by atoms with van der Waals surface area (Å²) in [6.07, 6.45) is 7.43. The Labute approximate surface area is 328 Å².